The van der Waals surface area contributed by atoms with Crippen LogP contribution in [0.15, 0.2) is 24.3 Å². The van der Waals surface area contributed by atoms with Gasteiger partial charge in [0.2, 0.25) is 0 Å². The van der Waals surface area contributed by atoms with Gasteiger partial charge in [0.15, 0.2) is 0 Å². The second-order valence-electron chi connectivity index (χ2n) is 6.04. The lowest BCUT2D eigenvalue weighted by atomic mass is 9.86. The molecule has 3 nitrogen and oxygen atoms in total. The van der Waals surface area contributed by atoms with E-state index in [-0.39, 0.29) is 5.41 Å². The van der Waals surface area contributed by atoms with Crippen LogP contribution in [0, 0.1) is 6.92 Å². The maximum atomic E-state index is 5.79. The van der Waals surface area contributed by atoms with Crippen molar-refractivity contribution >= 4 is 0 Å². The first-order valence-electron chi connectivity index (χ1n) is 6.67. The minimum atomic E-state index is 0.178. The van der Waals surface area contributed by atoms with Crippen molar-refractivity contribution in [3.05, 3.63) is 41.3 Å². The molecule has 1 heterocycles. The number of nitrogens with zero attached hydrogens (tertiary/aromatic N) is 2. The van der Waals surface area contributed by atoms with E-state index in [0.717, 1.165) is 17.2 Å². The molecule has 0 fully saturated rings. The average molecular weight is 257 g/mol. The number of imidazole rings is 1. The van der Waals surface area contributed by atoms with E-state index < -0.39 is 0 Å². The number of aromatic nitrogens is 2. The highest BCUT2D eigenvalue weighted by Gasteiger charge is 2.16. The molecule has 0 aliphatic heterocycles. The number of rotatable bonds is 2. The lowest BCUT2D eigenvalue weighted by Crippen LogP contribution is -2.10. The van der Waals surface area contributed by atoms with Crippen molar-refractivity contribution in [2.75, 3.05) is 0 Å². The molecular weight excluding hydrogens is 234 g/mol. The second kappa shape index (κ2) is 4.82. The molecule has 3 heteroatoms. The van der Waals surface area contributed by atoms with Crippen LogP contribution >= 0.6 is 0 Å². The highest BCUT2D eigenvalue weighted by Crippen LogP contribution is 2.28. The summed E-state index contributed by atoms with van der Waals surface area (Å²) < 4.78 is 2.11. The Labute approximate surface area is 115 Å². The summed E-state index contributed by atoms with van der Waals surface area (Å²) in [6.45, 7) is 9.15. The number of hydrogen-bond donors (Lipinski definition) is 1. The van der Waals surface area contributed by atoms with Crippen molar-refractivity contribution in [2.45, 2.75) is 39.7 Å². The fraction of sp³-hybridized carbons (Fsp3) is 0.438. The zero-order valence-electron chi connectivity index (χ0n) is 12.5. The molecule has 102 valence electrons. The summed E-state index contributed by atoms with van der Waals surface area (Å²) in [6, 6.07) is 8.71. The monoisotopic (exact) mass is 257 g/mol. The highest BCUT2D eigenvalue weighted by molar-refractivity contribution is 5.63. The van der Waals surface area contributed by atoms with E-state index in [9.17, 15) is 0 Å². The molecule has 1 aromatic heterocycles. The average Bonchev–Trinajstić information content (AvgIpc) is 2.64. The molecule has 2 aromatic rings. The van der Waals surface area contributed by atoms with Gasteiger partial charge in [-0.2, -0.15) is 0 Å². The number of aryl methyl sites for hydroxylation is 1. The number of nitrogens with two attached hydrogens (primary N) is 1. The van der Waals surface area contributed by atoms with Gasteiger partial charge in [-0.15, -0.1) is 0 Å². The van der Waals surface area contributed by atoms with E-state index in [1.54, 1.807) is 0 Å². The zero-order valence-corrected chi connectivity index (χ0v) is 12.5. The van der Waals surface area contributed by atoms with Crippen molar-refractivity contribution in [2.24, 2.45) is 12.8 Å². The lowest BCUT2D eigenvalue weighted by molar-refractivity contribution is 0.590. The summed E-state index contributed by atoms with van der Waals surface area (Å²) >= 11 is 0. The van der Waals surface area contributed by atoms with Crippen LogP contribution in [-0.4, -0.2) is 9.55 Å². The maximum Gasteiger partial charge on any atom is 0.106 e. The molecule has 1 aromatic carbocycles. The minimum Gasteiger partial charge on any atom is -0.331 e. The molecule has 2 N–H and O–H groups in total. The van der Waals surface area contributed by atoms with Gasteiger partial charge in [0.1, 0.15) is 5.82 Å². The van der Waals surface area contributed by atoms with Crippen molar-refractivity contribution in [1.29, 1.82) is 0 Å². The molecule has 0 atom stereocenters. The summed E-state index contributed by atoms with van der Waals surface area (Å²) in [6.07, 6.45) is 0. The smallest absolute Gasteiger partial charge is 0.106 e. The fourth-order valence-corrected chi connectivity index (χ4v) is 2.31. The van der Waals surface area contributed by atoms with E-state index in [1.807, 2.05) is 14.0 Å². The zero-order chi connectivity index (χ0) is 14.2. The third-order valence-electron chi connectivity index (χ3n) is 3.61. The number of benzene rings is 1. The summed E-state index contributed by atoms with van der Waals surface area (Å²) in [5.41, 5.74) is 10.6. The molecule has 0 saturated heterocycles. The van der Waals surface area contributed by atoms with Gasteiger partial charge in [-0.3, -0.25) is 0 Å². The minimum absolute atomic E-state index is 0.178. The Kier molecular flexibility index (Phi) is 3.50. The molecule has 0 bridgehead atoms. The van der Waals surface area contributed by atoms with E-state index in [0.29, 0.717) is 6.54 Å². The topological polar surface area (TPSA) is 43.8 Å². The molecule has 0 aliphatic rings. The molecule has 0 radical (unpaired) electrons. The van der Waals surface area contributed by atoms with Gasteiger partial charge in [-0.1, -0.05) is 45.0 Å². The van der Waals surface area contributed by atoms with Crippen LogP contribution in [0.2, 0.25) is 0 Å². The Morgan fingerprint density at radius 1 is 1.16 bits per heavy atom. The van der Waals surface area contributed by atoms with Gasteiger partial charge in [-0.25, -0.2) is 4.98 Å². The first-order valence-corrected chi connectivity index (χ1v) is 6.67. The molecular formula is C16H23N3. The first kappa shape index (κ1) is 13.8. The van der Waals surface area contributed by atoms with Crippen LogP contribution in [0.1, 0.15) is 37.9 Å². The summed E-state index contributed by atoms with van der Waals surface area (Å²) in [5, 5.41) is 0. The van der Waals surface area contributed by atoms with Crippen molar-refractivity contribution < 1.29 is 0 Å². The van der Waals surface area contributed by atoms with Gasteiger partial charge < -0.3 is 10.3 Å². The Balaban J connectivity index is 2.49. The summed E-state index contributed by atoms with van der Waals surface area (Å²) in [7, 11) is 2.04. The van der Waals surface area contributed by atoms with Crippen molar-refractivity contribution in [3.8, 4) is 11.3 Å². The van der Waals surface area contributed by atoms with Crippen LogP contribution in [0.4, 0.5) is 0 Å². The molecule has 0 unspecified atom stereocenters. The molecule has 0 aliphatic carbocycles. The van der Waals surface area contributed by atoms with Crippen LogP contribution in [0.5, 0.6) is 0 Å². The third-order valence-corrected chi connectivity index (χ3v) is 3.61. The first-order chi connectivity index (χ1) is 8.84. The summed E-state index contributed by atoms with van der Waals surface area (Å²) in [4.78, 5) is 4.51. The molecule has 0 amide bonds. The predicted octanol–water partition coefficient (Wildman–Crippen LogP) is 3.15. The Hall–Kier alpha value is -1.61. The van der Waals surface area contributed by atoms with E-state index >= 15 is 0 Å². The maximum absolute atomic E-state index is 5.79. The molecule has 19 heavy (non-hydrogen) atoms. The highest BCUT2D eigenvalue weighted by atomic mass is 15.1. The fourth-order valence-electron chi connectivity index (χ4n) is 2.31. The normalized spacial score (nSPS) is 11.9. The molecule has 2 rings (SSSR count). The SMILES string of the molecule is Cc1nc(CN)c(-c2ccc(C(C)(C)C)cc2)n1C. The van der Waals surface area contributed by atoms with Crippen LogP contribution in [0.25, 0.3) is 11.3 Å². The Bertz CT molecular complexity index is 571. The summed E-state index contributed by atoms with van der Waals surface area (Å²) in [5.74, 6) is 0.996. The molecule has 0 spiro atoms. The quantitative estimate of drug-likeness (QED) is 0.898. The van der Waals surface area contributed by atoms with Gasteiger partial charge in [0.05, 0.1) is 11.4 Å². The van der Waals surface area contributed by atoms with E-state index in [1.165, 1.54) is 11.1 Å². The van der Waals surface area contributed by atoms with Crippen molar-refractivity contribution in [3.63, 3.8) is 0 Å². The van der Waals surface area contributed by atoms with Crippen LogP contribution in [-0.2, 0) is 19.0 Å². The lowest BCUT2D eigenvalue weighted by Gasteiger charge is -2.19. The van der Waals surface area contributed by atoms with E-state index in [2.05, 4.69) is 54.6 Å². The van der Waals surface area contributed by atoms with Gasteiger partial charge >= 0.3 is 0 Å². The second-order valence-corrected chi connectivity index (χ2v) is 6.04. The largest absolute Gasteiger partial charge is 0.331 e. The van der Waals surface area contributed by atoms with Crippen molar-refractivity contribution in [1.82, 2.24) is 9.55 Å². The molecule has 0 saturated carbocycles. The van der Waals surface area contributed by atoms with Gasteiger partial charge in [0, 0.05) is 19.2 Å². The Morgan fingerprint density at radius 2 is 1.74 bits per heavy atom. The van der Waals surface area contributed by atoms with Gasteiger partial charge in [-0.05, 0) is 17.9 Å². The van der Waals surface area contributed by atoms with Gasteiger partial charge in [0.25, 0.3) is 0 Å². The standard InChI is InChI=1S/C16H23N3/c1-11-18-14(10-17)15(19(11)5)12-6-8-13(9-7-12)16(2,3)4/h6-9H,10,17H2,1-5H3. The predicted molar refractivity (Wildman–Crippen MR) is 80.0 cm³/mol. The van der Waals surface area contributed by atoms with E-state index in [4.69, 9.17) is 5.73 Å². The van der Waals surface area contributed by atoms with Crippen LogP contribution < -0.4 is 5.73 Å². The third kappa shape index (κ3) is 2.56. The van der Waals surface area contributed by atoms with Crippen LogP contribution in [0.3, 0.4) is 0 Å². The Morgan fingerprint density at radius 3 is 2.21 bits per heavy atom. The number of hydrogen-bond acceptors (Lipinski definition) is 2.